The molecule has 0 aromatic carbocycles. The molecule has 4 heterocycles. The van der Waals surface area contributed by atoms with Gasteiger partial charge in [-0.05, 0) is 50.2 Å². The highest BCUT2D eigenvalue weighted by molar-refractivity contribution is 5.79. The topological polar surface area (TPSA) is 65.7 Å². The summed E-state index contributed by atoms with van der Waals surface area (Å²) in [6.07, 6.45) is 6.77. The highest BCUT2D eigenvalue weighted by Crippen LogP contribution is 2.27. The van der Waals surface area contributed by atoms with Crippen molar-refractivity contribution in [1.29, 1.82) is 0 Å². The number of amides is 1. The zero-order valence-electron chi connectivity index (χ0n) is 16.8. The third kappa shape index (κ3) is 4.13. The van der Waals surface area contributed by atoms with Crippen molar-refractivity contribution in [1.82, 2.24) is 19.9 Å². The Morgan fingerprint density at radius 2 is 1.78 bits per heavy atom. The van der Waals surface area contributed by atoms with Gasteiger partial charge in [0, 0.05) is 44.7 Å². The van der Waals surface area contributed by atoms with Gasteiger partial charge >= 0.3 is 0 Å². The predicted octanol–water partition coefficient (Wildman–Crippen LogP) is 2.50. The predicted molar refractivity (Wildman–Crippen MR) is 104 cm³/mol. The van der Waals surface area contributed by atoms with E-state index in [1.165, 1.54) is 12.8 Å². The Balaban J connectivity index is 1.30. The lowest BCUT2D eigenvalue weighted by atomic mass is 9.93. The van der Waals surface area contributed by atoms with E-state index in [4.69, 9.17) is 4.52 Å². The van der Waals surface area contributed by atoms with Gasteiger partial charge in [0.15, 0.2) is 0 Å². The molecule has 0 bridgehead atoms. The zero-order valence-corrected chi connectivity index (χ0v) is 16.8. The maximum atomic E-state index is 12.8. The molecule has 0 spiro atoms. The summed E-state index contributed by atoms with van der Waals surface area (Å²) in [6, 6.07) is 0.576. The average Bonchev–Trinajstić information content (AvgIpc) is 3.40. The quantitative estimate of drug-likeness (QED) is 0.806. The average molecular weight is 376 g/mol. The minimum absolute atomic E-state index is 0.209. The number of anilines is 1. The number of hydrogen-bond donors (Lipinski definition) is 0. The molecule has 1 amide bonds. The van der Waals surface area contributed by atoms with Crippen molar-refractivity contribution < 1.29 is 9.32 Å². The van der Waals surface area contributed by atoms with Crippen LogP contribution in [0.4, 0.5) is 5.95 Å². The van der Waals surface area contributed by atoms with Crippen molar-refractivity contribution in [2.45, 2.75) is 64.3 Å². The second kappa shape index (κ2) is 8.17. The molecule has 0 N–H and O–H groups in total. The van der Waals surface area contributed by atoms with Gasteiger partial charge in [-0.1, -0.05) is 13.8 Å². The molecule has 7 nitrogen and oxygen atoms in total. The van der Waals surface area contributed by atoms with E-state index >= 15 is 0 Å². The molecule has 0 radical (unpaired) electrons. The van der Waals surface area contributed by atoms with E-state index in [0.29, 0.717) is 17.8 Å². The van der Waals surface area contributed by atoms with Crippen LogP contribution in [0, 0.1) is 5.92 Å². The van der Waals surface area contributed by atoms with E-state index in [2.05, 4.69) is 38.7 Å². The summed E-state index contributed by atoms with van der Waals surface area (Å²) in [5.74, 6) is 2.33. The van der Waals surface area contributed by atoms with Crippen LogP contribution < -0.4 is 4.90 Å². The van der Waals surface area contributed by atoms with Crippen LogP contribution in [0.15, 0.2) is 4.52 Å². The van der Waals surface area contributed by atoms with Crippen LogP contribution in [0.5, 0.6) is 0 Å². The maximum absolute atomic E-state index is 12.8. The molecule has 1 aromatic rings. The molecule has 1 aromatic heterocycles. The van der Waals surface area contributed by atoms with Crippen LogP contribution >= 0.6 is 0 Å². The minimum atomic E-state index is 0.209. The van der Waals surface area contributed by atoms with Crippen LogP contribution in [0.3, 0.4) is 0 Å². The Morgan fingerprint density at radius 3 is 2.44 bits per heavy atom. The lowest BCUT2D eigenvalue weighted by Crippen LogP contribution is -2.51. The number of carbonyl (C=O) groups excluding carboxylic acids is 1. The molecule has 27 heavy (non-hydrogen) atoms. The van der Waals surface area contributed by atoms with Gasteiger partial charge in [0.2, 0.25) is 11.8 Å². The zero-order chi connectivity index (χ0) is 18.8. The van der Waals surface area contributed by atoms with E-state index in [9.17, 15) is 4.79 Å². The summed E-state index contributed by atoms with van der Waals surface area (Å²) in [6.45, 7) is 10.1. The fourth-order valence-electron chi connectivity index (χ4n) is 4.76. The van der Waals surface area contributed by atoms with Gasteiger partial charge in [0.1, 0.15) is 0 Å². The molecule has 3 fully saturated rings. The van der Waals surface area contributed by atoms with Gasteiger partial charge in [0.25, 0.3) is 5.95 Å². The fourth-order valence-corrected chi connectivity index (χ4v) is 4.76. The van der Waals surface area contributed by atoms with Crippen molar-refractivity contribution in [3.63, 3.8) is 0 Å². The molecule has 150 valence electrons. The number of rotatable bonds is 4. The Kier molecular flexibility index (Phi) is 5.66. The largest absolute Gasteiger partial charge is 0.342 e. The molecule has 3 saturated heterocycles. The third-order valence-electron chi connectivity index (χ3n) is 6.41. The van der Waals surface area contributed by atoms with Gasteiger partial charge in [-0.15, -0.1) is 0 Å². The van der Waals surface area contributed by atoms with Crippen molar-refractivity contribution in [3.05, 3.63) is 5.89 Å². The number of carbonyl (C=O) groups is 1. The van der Waals surface area contributed by atoms with Crippen molar-refractivity contribution in [3.8, 4) is 0 Å². The van der Waals surface area contributed by atoms with Gasteiger partial charge in [-0.2, -0.15) is 4.98 Å². The first kappa shape index (κ1) is 18.7. The minimum Gasteiger partial charge on any atom is -0.342 e. The first-order valence-electron chi connectivity index (χ1n) is 10.7. The van der Waals surface area contributed by atoms with Crippen LogP contribution in [0.25, 0.3) is 0 Å². The number of nitrogens with zero attached hydrogens (tertiary/aromatic N) is 5. The molecule has 0 saturated carbocycles. The highest BCUT2D eigenvalue weighted by atomic mass is 16.5. The first-order chi connectivity index (χ1) is 13.1. The molecular weight excluding hydrogens is 342 g/mol. The second-order valence-electron chi connectivity index (χ2n) is 8.67. The van der Waals surface area contributed by atoms with Gasteiger partial charge < -0.3 is 14.3 Å². The monoisotopic (exact) mass is 375 g/mol. The van der Waals surface area contributed by atoms with Crippen LogP contribution in [-0.4, -0.2) is 71.2 Å². The molecule has 7 heteroatoms. The summed E-state index contributed by atoms with van der Waals surface area (Å²) >= 11 is 0. The summed E-state index contributed by atoms with van der Waals surface area (Å²) in [4.78, 5) is 24.2. The molecule has 0 aliphatic carbocycles. The van der Waals surface area contributed by atoms with E-state index in [-0.39, 0.29) is 11.8 Å². The lowest BCUT2D eigenvalue weighted by Gasteiger charge is -2.42. The van der Waals surface area contributed by atoms with E-state index in [1.54, 1.807) is 0 Å². The van der Waals surface area contributed by atoms with Crippen molar-refractivity contribution in [2.75, 3.05) is 44.2 Å². The van der Waals surface area contributed by atoms with Crippen molar-refractivity contribution in [2.24, 2.45) is 5.92 Å². The Hall–Kier alpha value is -1.63. The highest BCUT2D eigenvalue weighted by Gasteiger charge is 2.34. The summed E-state index contributed by atoms with van der Waals surface area (Å²) in [5.41, 5.74) is 0. The summed E-state index contributed by atoms with van der Waals surface area (Å²) < 4.78 is 5.36. The Morgan fingerprint density at radius 1 is 1.04 bits per heavy atom. The number of aromatic nitrogens is 2. The maximum Gasteiger partial charge on any atom is 0.266 e. The molecule has 4 rings (SSSR count). The Bertz CT molecular complexity index is 632. The van der Waals surface area contributed by atoms with Crippen LogP contribution in [0.1, 0.15) is 64.2 Å². The van der Waals surface area contributed by atoms with Crippen LogP contribution in [0.2, 0.25) is 0 Å². The van der Waals surface area contributed by atoms with E-state index in [0.717, 1.165) is 70.9 Å². The lowest BCUT2D eigenvalue weighted by molar-refractivity contribution is -0.136. The van der Waals surface area contributed by atoms with Crippen LogP contribution in [-0.2, 0) is 4.79 Å². The second-order valence-corrected chi connectivity index (χ2v) is 8.67. The molecular formula is C20H33N5O2. The van der Waals surface area contributed by atoms with E-state index < -0.39 is 0 Å². The normalized spacial score (nSPS) is 25.5. The van der Waals surface area contributed by atoms with E-state index in [1.807, 2.05) is 0 Å². The van der Waals surface area contributed by atoms with Gasteiger partial charge in [-0.3, -0.25) is 9.69 Å². The SMILES string of the molecule is CC(C)c1nc(N2CCC(N3CCC[C@H](C(=O)N4CCCC4)C3)CC2)no1. The standard InChI is InChI=1S/C20H33N5O2/c1-15(2)18-21-20(22-27-18)24-12-7-17(8-13-24)25-11-5-6-16(14-25)19(26)23-9-3-4-10-23/h15-17H,3-14H2,1-2H3/t16-/m0/s1. The summed E-state index contributed by atoms with van der Waals surface area (Å²) in [5, 5.41) is 4.15. The fraction of sp³-hybridized carbons (Fsp3) is 0.850. The third-order valence-corrected chi connectivity index (χ3v) is 6.41. The van der Waals surface area contributed by atoms with Crippen molar-refractivity contribution >= 4 is 11.9 Å². The number of hydrogen-bond acceptors (Lipinski definition) is 6. The molecule has 0 unspecified atom stereocenters. The smallest absolute Gasteiger partial charge is 0.266 e. The number of likely N-dealkylation sites (tertiary alicyclic amines) is 2. The molecule has 3 aliphatic heterocycles. The van der Waals surface area contributed by atoms with Gasteiger partial charge in [-0.25, -0.2) is 0 Å². The molecule has 3 aliphatic rings. The molecule has 1 atom stereocenters. The first-order valence-corrected chi connectivity index (χ1v) is 10.7. The van der Waals surface area contributed by atoms with Gasteiger partial charge in [0.05, 0.1) is 5.92 Å². The summed E-state index contributed by atoms with van der Waals surface area (Å²) in [7, 11) is 0. The number of piperidine rings is 2. The Labute approximate surface area is 162 Å².